The number of nitrogens with zero attached hydrogens (tertiary/aromatic N) is 4. The molecule has 30 heavy (non-hydrogen) atoms. The Balaban J connectivity index is 1.92. The lowest BCUT2D eigenvalue weighted by Gasteiger charge is -2.13. The Kier molecular flexibility index (Phi) is 6.76. The summed E-state index contributed by atoms with van der Waals surface area (Å²) >= 11 is 0. The molecule has 9 nitrogen and oxygen atoms in total. The number of hydrogen-bond donors (Lipinski definition) is 4. The molecule has 0 aliphatic heterocycles. The second-order valence-electron chi connectivity index (χ2n) is 6.57. The number of rotatable bonds is 8. The van der Waals surface area contributed by atoms with Gasteiger partial charge in [-0.2, -0.15) is 0 Å². The number of allylic oxidation sites excluding steroid dienone is 1. The Morgan fingerprint density at radius 1 is 1.33 bits per heavy atom. The molecule has 156 valence electrons. The normalized spacial score (nSPS) is 12.9. The van der Waals surface area contributed by atoms with Crippen LogP contribution in [0.15, 0.2) is 47.9 Å². The molecule has 1 aromatic carbocycles. The summed E-state index contributed by atoms with van der Waals surface area (Å²) in [5.74, 6) is 1.59. The zero-order valence-electron chi connectivity index (χ0n) is 17.1. The lowest BCUT2D eigenvalue weighted by Crippen LogP contribution is -2.16. The average molecular weight is 407 g/mol. The first-order valence-corrected chi connectivity index (χ1v) is 9.39. The number of aliphatic imine (C=N–C) groups is 1. The van der Waals surface area contributed by atoms with E-state index in [9.17, 15) is 5.11 Å². The van der Waals surface area contributed by atoms with Crippen molar-refractivity contribution in [1.82, 2.24) is 15.0 Å². The third kappa shape index (κ3) is 4.81. The Hall–Kier alpha value is -3.72. The number of nitrogens with one attached hydrogen (secondary N) is 2. The zero-order chi connectivity index (χ0) is 21.5. The largest absolute Gasteiger partial charge is 0.495 e. The third-order valence-corrected chi connectivity index (χ3v) is 4.29. The summed E-state index contributed by atoms with van der Waals surface area (Å²) in [5, 5.41) is 16.7. The van der Waals surface area contributed by atoms with Crippen LogP contribution >= 0.6 is 0 Å². The number of fused-ring (bicyclic) bond motifs is 1. The zero-order valence-corrected chi connectivity index (χ0v) is 17.1. The molecule has 1 atom stereocenters. The summed E-state index contributed by atoms with van der Waals surface area (Å²) in [7, 11) is 3.28. The third-order valence-electron chi connectivity index (χ3n) is 4.29. The van der Waals surface area contributed by atoms with Crippen LogP contribution in [0.25, 0.3) is 16.5 Å². The van der Waals surface area contributed by atoms with Gasteiger partial charge in [-0.15, -0.1) is 0 Å². The number of hydrogen-bond acceptors (Lipinski definition) is 9. The van der Waals surface area contributed by atoms with E-state index in [1.54, 1.807) is 39.7 Å². The van der Waals surface area contributed by atoms with Crippen LogP contribution in [0.4, 0.5) is 17.5 Å². The van der Waals surface area contributed by atoms with E-state index < -0.39 is 6.10 Å². The molecule has 5 N–H and O–H groups in total. The highest BCUT2D eigenvalue weighted by atomic mass is 16.5. The molecule has 3 aromatic rings. The lowest BCUT2D eigenvalue weighted by molar-refractivity contribution is 0.208. The van der Waals surface area contributed by atoms with Crippen molar-refractivity contribution < 1.29 is 9.84 Å². The van der Waals surface area contributed by atoms with Crippen LogP contribution in [-0.2, 0) is 0 Å². The van der Waals surface area contributed by atoms with Crippen LogP contribution in [0.2, 0.25) is 0 Å². The van der Waals surface area contributed by atoms with Gasteiger partial charge in [0.05, 0.1) is 18.9 Å². The molecular formula is C21H25N7O2. The highest BCUT2D eigenvalue weighted by molar-refractivity contribution is 6.09. The number of anilines is 3. The van der Waals surface area contributed by atoms with Crippen molar-refractivity contribution in [2.24, 2.45) is 10.7 Å². The summed E-state index contributed by atoms with van der Waals surface area (Å²) in [6, 6.07) is 7.47. The molecule has 1 unspecified atom stereocenters. The molecule has 0 amide bonds. The van der Waals surface area contributed by atoms with Gasteiger partial charge >= 0.3 is 0 Å². The van der Waals surface area contributed by atoms with Gasteiger partial charge in [-0.05, 0) is 30.7 Å². The van der Waals surface area contributed by atoms with Gasteiger partial charge in [0.25, 0.3) is 0 Å². The van der Waals surface area contributed by atoms with E-state index in [-0.39, 0.29) is 0 Å². The van der Waals surface area contributed by atoms with Gasteiger partial charge in [-0.1, -0.05) is 6.07 Å². The Bertz CT molecular complexity index is 1080. The summed E-state index contributed by atoms with van der Waals surface area (Å²) in [6.45, 7) is 2.07. The van der Waals surface area contributed by atoms with Gasteiger partial charge in [0, 0.05) is 49.4 Å². The van der Waals surface area contributed by atoms with E-state index >= 15 is 0 Å². The maximum atomic E-state index is 9.54. The Morgan fingerprint density at radius 3 is 2.87 bits per heavy atom. The van der Waals surface area contributed by atoms with Crippen LogP contribution in [0, 0.1) is 0 Å². The van der Waals surface area contributed by atoms with Crippen molar-refractivity contribution in [1.29, 1.82) is 0 Å². The predicted octanol–water partition coefficient (Wildman–Crippen LogP) is 2.57. The minimum absolute atomic E-state index is 0.367. The Labute approximate surface area is 174 Å². The highest BCUT2D eigenvalue weighted by Gasteiger charge is 2.11. The van der Waals surface area contributed by atoms with Crippen molar-refractivity contribution in [3.8, 4) is 5.75 Å². The fraction of sp³-hybridized carbons (Fsp3) is 0.238. The number of benzene rings is 1. The molecule has 9 heteroatoms. The van der Waals surface area contributed by atoms with Crippen molar-refractivity contribution in [2.75, 3.05) is 31.3 Å². The lowest BCUT2D eigenvalue weighted by atomic mass is 10.1. The minimum atomic E-state index is -0.505. The summed E-state index contributed by atoms with van der Waals surface area (Å²) in [5.41, 5.74) is 8.71. The van der Waals surface area contributed by atoms with Crippen LogP contribution < -0.4 is 21.1 Å². The van der Waals surface area contributed by atoms with Gasteiger partial charge in [-0.25, -0.2) is 15.0 Å². The summed E-state index contributed by atoms with van der Waals surface area (Å²) < 4.78 is 5.52. The fourth-order valence-electron chi connectivity index (χ4n) is 2.84. The van der Waals surface area contributed by atoms with Crippen LogP contribution in [-0.4, -0.2) is 53.1 Å². The predicted molar refractivity (Wildman–Crippen MR) is 120 cm³/mol. The average Bonchev–Trinajstić information content (AvgIpc) is 2.76. The maximum absolute atomic E-state index is 9.54. The number of ether oxygens (including phenoxy) is 1. The maximum Gasteiger partial charge on any atom is 0.227 e. The number of aliphatic hydroxyl groups excluding tert-OH is 1. The van der Waals surface area contributed by atoms with Crippen molar-refractivity contribution in [2.45, 2.75) is 13.0 Å². The molecule has 2 heterocycles. The summed E-state index contributed by atoms with van der Waals surface area (Å²) in [4.78, 5) is 17.3. The molecule has 0 radical (unpaired) electrons. The quantitative estimate of drug-likeness (QED) is 0.419. The fourth-order valence-corrected chi connectivity index (χ4v) is 2.84. The molecule has 0 saturated carbocycles. The van der Waals surface area contributed by atoms with Crippen LogP contribution in [0.5, 0.6) is 5.75 Å². The first-order chi connectivity index (χ1) is 14.5. The van der Waals surface area contributed by atoms with Gasteiger partial charge in [0.2, 0.25) is 5.95 Å². The van der Waals surface area contributed by atoms with Crippen molar-refractivity contribution >= 4 is 40.1 Å². The van der Waals surface area contributed by atoms with E-state index in [0.29, 0.717) is 35.3 Å². The van der Waals surface area contributed by atoms with Crippen LogP contribution in [0.3, 0.4) is 0 Å². The number of nitrogens with two attached hydrogens (primary N) is 1. The van der Waals surface area contributed by atoms with Gasteiger partial charge in [0.1, 0.15) is 11.3 Å². The van der Waals surface area contributed by atoms with Gasteiger partial charge < -0.3 is 26.2 Å². The molecule has 0 aliphatic rings. The van der Waals surface area contributed by atoms with Crippen molar-refractivity contribution in [3.63, 3.8) is 0 Å². The monoisotopic (exact) mass is 407 g/mol. The number of aromatic nitrogens is 3. The number of methoxy groups -OCH3 is 1. The molecule has 0 fully saturated rings. The summed E-state index contributed by atoms with van der Waals surface area (Å²) in [6.07, 6.45) is 6.06. The standard InChI is InChI=1S/C21H25N7O2/c1-13(29)10-25-20-19-15(6-7-24-20)12-26-21(28-19)27-17-5-4-14(8-18(17)30-3)16(9-22)11-23-2/h4-9,11-13,29H,10,22H2,1-3H3,(H,24,25)(H,26,27,28). The van der Waals surface area contributed by atoms with E-state index in [2.05, 4.69) is 30.6 Å². The number of aliphatic hydroxyl groups is 1. The molecule has 0 spiro atoms. The van der Waals surface area contributed by atoms with E-state index in [1.165, 1.54) is 6.20 Å². The van der Waals surface area contributed by atoms with E-state index in [0.717, 1.165) is 16.5 Å². The molecule has 2 aromatic heterocycles. The minimum Gasteiger partial charge on any atom is -0.495 e. The first kappa shape index (κ1) is 21.0. The van der Waals surface area contributed by atoms with Crippen molar-refractivity contribution in [3.05, 3.63) is 48.4 Å². The molecule has 0 aliphatic carbocycles. The van der Waals surface area contributed by atoms with Gasteiger partial charge in [-0.3, -0.25) is 4.99 Å². The second kappa shape index (κ2) is 9.66. The smallest absolute Gasteiger partial charge is 0.227 e. The molecule has 0 saturated heterocycles. The van der Waals surface area contributed by atoms with Crippen LogP contribution in [0.1, 0.15) is 12.5 Å². The first-order valence-electron chi connectivity index (χ1n) is 9.39. The topological polar surface area (TPSA) is 131 Å². The Morgan fingerprint density at radius 2 is 2.17 bits per heavy atom. The van der Waals surface area contributed by atoms with E-state index in [4.69, 9.17) is 10.5 Å². The van der Waals surface area contributed by atoms with Gasteiger partial charge in [0.15, 0.2) is 5.82 Å². The second-order valence-corrected chi connectivity index (χ2v) is 6.57. The molecule has 3 rings (SSSR count). The number of pyridine rings is 1. The highest BCUT2D eigenvalue weighted by Crippen LogP contribution is 2.30. The molecule has 0 bridgehead atoms. The molecular weight excluding hydrogens is 382 g/mol. The SMILES string of the molecule is CN=CC(=CN)c1ccc(Nc2ncc3ccnc(NCC(C)O)c3n2)c(OC)c1. The van der Waals surface area contributed by atoms with E-state index in [1.807, 2.05) is 24.3 Å².